The van der Waals surface area contributed by atoms with Crippen LogP contribution < -0.4 is 16.4 Å². The summed E-state index contributed by atoms with van der Waals surface area (Å²) in [5.74, 6) is -0.553. The Bertz CT molecular complexity index is 511. The van der Waals surface area contributed by atoms with Crippen molar-refractivity contribution < 1.29 is 9.59 Å². The minimum Gasteiger partial charge on any atom is -0.346 e. The lowest BCUT2D eigenvalue weighted by atomic mass is 10.1. The maximum absolute atomic E-state index is 11.9. The maximum Gasteiger partial charge on any atom is 0.240 e. The summed E-state index contributed by atoms with van der Waals surface area (Å²) in [7, 11) is 0. The molecule has 1 aromatic heterocycles. The molecule has 0 spiro atoms. The van der Waals surface area contributed by atoms with Gasteiger partial charge in [0.1, 0.15) is 5.01 Å². The van der Waals surface area contributed by atoms with Crippen molar-refractivity contribution in [1.29, 1.82) is 0 Å². The zero-order valence-corrected chi connectivity index (χ0v) is 14.0. The summed E-state index contributed by atoms with van der Waals surface area (Å²) >= 11 is 1.54. The Morgan fingerprint density at radius 1 is 1.43 bits per heavy atom. The predicted octanol–water partition coefficient (Wildman–Crippen LogP) is 0.902. The average Bonchev–Trinajstić information content (AvgIpc) is 2.82. The van der Waals surface area contributed by atoms with Crippen molar-refractivity contribution in [1.82, 2.24) is 15.6 Å². The van der Waals surface area contributed by atoms with E-state index < -0.39 is 11.6 Å². The van der Waals surface area contributed by atoms with Crippen LogP contribution in [0.15, 0.2) is 6.20 Å². The van der Waals surface area contributed by atoms with Gasteiger partial charge < -0.3 is 16.4 Å². The highest BCUT2D eigenvalue weighted by atomic mass is 32.1. The van der Waals surface area contributed by atoms with E-state index in [0.717, 1.165) is 9.88 Å². The fourth-order valence-corrected chi connectivity index (χ4v) is 2.50. The topological polar surface area (TPSA) is 97.1 Å². The van der Waals surface area contributed by atoms with Crippen LogP contribution >= 0.6 is 11.3 Å². The average molecular weight is 312 g/mol. The van der Waals surface area contributed by atoms with Gasteiger partial charge in [-0.15, -0.1) is 11.3 Å². The second-order valence-electron chi connectivity index (χ2n) is 5.94. The molecule has 0 saturated carbocycles. The highest BCUT2D eigenvalue weighted by Gasteiger charge is 2.26. The third-order valence-corrected chi connectivity index (χ3v) is 4.29. The summed E-state index contributed by atoms with van der Waals surface area (Å²) in [5.41, 5.74) is 5.15. The summed E-state index contributed by atoms with van der Waals surface area (Å²) in [4.78, 5) is 29.0. The zero-order chi connectivity index (χ0) is 16.2. The molecule has 7 heteroatoms. The fraction of sp³-hybridized carbons (Fsp3) is 0.643. The van der Waals surface area contributed by atoms with Gasteiger partial charge in [-0.2, -0.15) is 0 Å². The number of hydrogen-bond acceptors (Lipinski definition) is 5. The van der Waals surface area contributed by atoms with E-state index in [-0.39, 0.29) is 24.3 Å². The summed E-state index contributed by atoms with van der Waals surface area (Å²) in [6.45, 7) is 9.35. The van der Waals surface area contributed by atoms with Crippen molar-refractivity contribution in [3.63, 3.8) is 0 Å². The number of amides is 2. The smallest absolute Gasteiger partial charge is 0.240 e. The number of nitrogens with two attached hydrogens (primary N) is 1. The van der Waals surface area contributed by atoms with Gasteiger partial charge in [0, 0.05) is 11.1 Å². The standard InChI is InChI=1S/C14H24N4O2S/c1-8(2)11(15)12(20)16-7-10(19)18-14(4,5)13-17-6-9(3)21-13/h6,8,11H,7,15H2,1-5H3,(H,16,20)(H,18,19)/t11-/m0/s1. The SMILES string of the molecule is Cc1cnc(C(C)(C)NC(=O)CNC(=O)[C@@H](N)C(C)C)s1. The molecule has 118 valence electrons. The first kappa shape index (κ1) is 17.6. The van der Waals surface area contributed by atoms with Gasteiger partial charge in [-0.25, -0.2) is 4.98 Å². The van der Waals surface area contributed by atoms with Crippen LogP contribution in [0.3, 0.4) is 0 Å². The molecule has 1 heterocycles. The highest BCUT2D eigenvalue weighted by Crippen LogP contribution is 2.24. The van der Waals surface area contributed by atoms with Gasteiger partial charge in [-0.3, -0.25) is 9.59 Å². The van der Waals surface area contributed by atoms with Crippen molar-refractivity contribution in [2.24, 2.45) is 11.7 Å². The van der Waals surface area contributed by atoms with Crippen LogP contribution in [0.25, 0.3) is 0 Å². The number of carbonyl (C=O) groups excluding carboxylic acids is 2. The Morgan fingerprint density at radius 3 is 2.52 bits per heavy atom. The van der Waals surface area contributed by atoms with Crippen molar-refractivity contribution in [3.05, 3.63) is 16.1 Å². The molecule has 4 N–H and O–H groups in total. The quantitative estimate of drug-likeness (QED) is 0.727. The summed E-state index contributed by atoms with van der Waals surface area (Å²) in [6, 6.07) is -0.604. The molecular formula is C14H24N4O2S. The number of nitrogens with zero attached hydrogens (tertiary/aromatic N) is 1. The summed E-state index contributed by atoms with van der Waals surface area (Å²) in [5, 5.41) is 6.24. The second kappa shape index (κ2) is 7.00. The first-order chi connectivity index (χ1) is 9.63. The van der Waals surface area contributed by atoms with Crippen LogP contribution in [-0.2, 0) is 15.1 Å². The van der Waals surface area contributed by atoms with Gasteiger partial charge in [-0.1, -0.05) is 13.8 Å². The largest absolute Gasteiger partial charge is 0.346 e. The number of carbonyl (C=O) groups is 2. The van der Waals surface area contributed by atoms with E-state index in [2.05, 4.69) is 15.6 Å². The third kappa shape index (κ3) is 5.09. The highest BCUT2D eigenvalue weighted by molar-refractivity contribution is 7.11. The third-order valence-electron chi connectivity index (χ3n) is 3.05. The molecule has 2 amide bonds. The van der Waals surface area contributed by atoms with Crippen molar-refractivity contribution >= 4 is 23.2 Å². The molecule has 0 radical (unpaired) electrons. The minimum atomic E-state index is -0.604. The molecule has 0 aliphatic heterocycles. The molecule has 0 unspecified atom stereocenters. The van der Waals surface area contributed by atoms with Crippen molar-refractivity contribution in [2.45, 2.75) is 46.2 Å². The molecule has 0 fully saturated rings. The Balaban J connectivity index is 2.52. The first-order valence-electron chi connectivity index (χ1n) is 6.90. The van der Waals surface area contributed by atoms with Gasteiger partial charge in [-0.05, 0) is 26.7 Å². The van der Waals surface area contributed by atoms with E-state index in [0.29, 0.717) is 0 Å². The van der Waals surface area contributed by atoms with Crippen molar-refractivity contribution in [2.75, 3.05) is 6.54 Å². The van der Waals surface area contributed by atoms with E-state index >= 15 is 0 Å². The van der Waals surface area contributed by atoms with Crippen LogP contribution in [-0.4, -0.2) is 29.4 Å². The number of rotatable bonds is 6. The molecule has 6 nitrogen and oxygen atoms in total. The van der Waals surface area contributed by atoms with E-state index in [4.69, 9.17) is 5.73 Å². The number of aryl methyl sites for hydroxylation is 1. The molecule has 0 aromatic carbocycles. The molecule has 0 saturated heterocycles. The molecule has 0 aliphatic carbocycles. The Labute approximate surface area is 129 Å². The van der Waals surface area contributed by atoms with Crippen LogP contribution in [0.4, 0.5) is 0 Å². The van der Waals surface area contributed by atoms with E-state index in [1.807, 2.05) is 34.6 Å². The fourth-order valence-electron chi connectivity index (χ4n) is 1.68. The van der Waals surface area contributed by atoms with E-state index in [1.54, 1.807) is 6.20 Å². The first-order valence-corrected chi connectivity index (χ1v) is 7.72. The molecule has 0 aliphatic rings. The van der Waals surface area contributed by atoms with Gasteiger partial charge in [0.25, 0.3) is 0 Å². The van der Waals surface area contributed by atoms with Gasteiger partial charge in [0.15, 0.2) is 0 Å². The monoisotopic (exact) mass is 312 g/mol. The summed E-state index contributed by atoms with van der Waals surface area (Å²) < 4.78 is 0. The maximum atomic E-state index is 11.9. The van der Waals surface area contributed by atoms with Gasteiger partial charge in [0.2, 0.25) is 11.8 Å². The van der Waals surface area contributed by atoms with Crippen LogP contribution in [0.1, 0.15) is 37.6 Å². The van der Waals surface area contributed by atoms with E-state index in [9.17, 15) is 9.59 Å². The molecule has 21 heavy (non-hydrogen) atoms. The van der Waals surface area contributed by atoms with Gasteiger partial charge in [0.05, 0.1) is 18.1 Å². The lowest BCUT2D eigenvalue weighted by molar-refractivity contribution is -0.128. The lowest BCUT2D eigenvalue weighted by Gasteiger charge is -2.24. The van der Waals surface area contributed by atoms with Crippen LogP contribution in [0, 0.1) is 12.8 Å². The number of nitrogens with one attached hydrogen (secondary N) is 2. The van der Waals surface area contributed by atoms with Crippen LogP contribution in [0.2, 0.25) is 0 Å². The Hall–Kier alpha value is -1.47. The lowest BCUT2D eigenvalue weighted by Crippen LogP contribution is -2.50. The number of aromatic nitrogens is 1. The molecule has 1 atom stereocenters. The normalized spacial score (nSPS) is 13.1. The summed E-state index contributed by atoms with van der Waals surface area (Å²) in [6.07, 6.45) is 1.78. The Kier molecular flexibility index (Phi) is 5.86. The Morgan fingerprint density at radius 2 is 2.05 bits per heavy atom. The predicted molar refractivity (Wildman–Crippen MR) is 83.8 cm³/mol. The minimum absolute atomic E-state index is 0.0304. The molecular weight excluding hydrogens is 288 g/mol. The van der Waals surface area contributed by atoms with Gasteiger partial charge >= 0.3 is 0 Å². The number of thiazole rings is 1. The molecule has 1 rings (SSSR count). The van der Waals surface area contributed by atoms with Crippen LogP contribution in [0.5, 0.6) is 0 Å². The van der Waals surface area contributed by atoms with E-state index in [1.165, 1.54) is 11.3 Å². The number of hydrogen-bond donors (Lipinski definition) is 3. The van der Waals surface area contributed by atoms with Crippen molar-refractivity contribution in [3.8, 4) is 0 Å². The second-order valence-corrected chi connectivity index (χ2v) is 7.17. The zero-order valence-electron chi connectivity index (χ0n) is 13.2. The molecule has 1 aromatic rings. The molecule has 0 bridgehead atoms.